The molecular formula is C14H18N2O3. The molecule has 3 N–H and O–H groups in total. The normalized spacial score (nSPS) is 12.4. The highest BCUT2D eigenvalue weighted by Crippen LogP contribution is 2.27. The summed E-state index contributed by atoms with van der Waals surface area (Å²) in [6, 6.07) is 5.13. The zero-order valence-electron chi connectivity index (χ0n) is 11.3. The predicted octanol–water partition coefficient (Wildman–Crippen LogP) is 1.53. The summed E-state index contributed by atoms with van der Waals surface area (Å²) in [4.78, 5) is 14.7. The highest BCUT2D eigenvalue weighted by molar-refractivity contribution is 5.87. The fraction of sp³-hybridized carbons (Fsp3) is 0.357. The fourth-order valence-corrected chi connectivity index (χ4v) is 2.21. The van der Waals surface area contributed by atoms with E-state index in [1.807, 2.05) is 25.1 Å². The molecule has 0 spiro atoms. The minimum atomic E-state index is -0.658. The molecule has 1 unspecified atom stereocenters. The van der Waals surface area contributed by atoms with Gasteiger partial charge in [0.05, 0.1) is 14.2 Å². The first kappa shape index (κ1) is 13.4. The van der Waals surface area contributed by atoms with Gasteiger partial charge in [-0.25, -0.2) is 0 Å². The van der Waals surface area contributed by atoms with Crippen molar-refractivity contribution in [3.63, 3.8) is 0 Å². The van der Waals surface area contributed by atoms with Gasteiger partial charge in [0.1, 0.15) is 11.8 Å². The van der Waals surface area contributed by atoms with E-state index in [1.54, 1.807) is 7.11 Å². The molecule has 0 bridgehead atoms. The number of carbonyl (C=O) groups excluding carboxylic acids is 1. The van der Waals surface area contributed by atoms with E-state index < -0.39 is 12.0 Å². The number of methoxy groups -OCH3 is 2. The zero-order chi connectivity index (χ0) is 14.0. The van der Waals surface area contributed by atoms with Gasteiger partial charge in [0.25, 0.3) is 0 Å². The number of hydrogen-bond acceptors (Lipinski definition) is 4. The van der Waals surface area contributed by atoms with Gasteiger partial charge in [0.15, 0.2) is 0 Å². The minimum Gasteiger partial charge on any atom is -0.497 e. The molecule has 0 fully saturated rings. The third-order valence-electron chi connectivity index (χ3n) is 3.25. The van der Waals surface area contributed by atoms with Crippen LogP contribution >= 0.6 is 0 Å². The standard InChI is InChI=1S/C14H18N2O3/c1-8-10(7-12(15)14(17)19-3)11-6-9(18-2)4-5-13(11)16-8/h4-6,12,16H,7,15H2,1-3H3. The SMILES string of the molecule is COC(=O)C(N)Cc1c(C)[nH]c2ccc(OC)cc12. The number of nitrogens with one attached hydrogen (secondary N) is 1. The quantitative estimate of drug-likeness (QED) is 0.819. The maximum absolute atomic E-state index is 11.4. The van der Waals surface area contributed by atoms with Crippen LogP contribution in [-0.4, -0.2) is 31.2 Å². The van der Waals surface area contributed by atoms with Crippen LogP contribution in [0.1, 0.15) is 11.3 Å². The lowest BCUT2D eigenvalue weighted by molar-refractivity contribution is -0.142. The Bertz CT molecular complexity index is 604. The number of H-pyrrole nitrogens is 1. The number of hydrogen-bond donors (Lipinski definition) is 2. The first-order valence-corrected chi connectivity index (χ1v) is 6.05. The van der Waals surface area contributed by atoms with Crippen LogP contribution < -0.4 is 10.5 Å². The van der Waals surface area contributed by atoms with E-state index in [1.165, 1.54) is 7.11 Å². The summed E-state index contributed by atoms with van der Waals surface area (Å²) in [6.45, 7) is 1.96. The van der Waals surface area contributed by atoms with E-state index >= 15 is 0 Å². The molecular weight excluding hydrogens is 244 g/mol. The first-order valence-electron chi connectivity index (χ1n) is 6.05. The fourth-order valence-electron chi connectivity index (χ4n) is 2.21. The molecule has 5 heteroatoms. The van der Waals surface area contributed by atoms with Crippen LogP contribution in [0.25, 0.3) is 10.9 Å². The number of esters is 1. The van der Waals surface area contributed by atoms with Crippen LogP contribution in [0.15, 0.2) is 18.2 Å². The molecule has 0 aliphatic carbocycles. The van der Waals surface area contributed by atoms with Gasteiger partial charge in [-0.15, -0.1) is 0 Å². The Hall–Kier alpha value is -2.01. The average molecular weight is 262 g/mol. The monoisotopic (exact) mass is 262 g/mol. The first-order chi connectivity index (χ1) is 9.06. The molecule has 2 aromatic rings. The summed E-state index contributed by atoms with van der Waals surface area (Å²) in [7, 11) is 2.97. The molecule has 0 saturated heterocycles. The lowest BCUT2D eigenvalue weighted by Gasteiger charge is -2.09. The van der Waals surface area contributed by atoms with Crippen molar-refractivity contribution >= 4 is 16.9 Å². The molecule has 0 aliphatic rings. The molecule has 0 aliphatic heterocycles. The molecule has 1 atom stereocenters. The predicted molar refractivity (Wildman–Crippen MR) is 73.3 cm³/mol. The van der Waals surface area contributed by atoms with Gasteiger partial charge in [-0.05, 0) is 30.7 Å². The van der Waals surface area contributed by atoms with Crippen molar-refractivity contribution < 1.29 is 14.3 Å². The van der Waals surface area contributed by atoms with E-state index in [0.29, 0.717) is 6.42 Å². The third kappa shape index (κ3) is 2.56. The van der Waals surface area contributed by atoms with E-state index in [9.17, 15) is 4.79 Å². The van der Waals surface area contributed by atoms with E-state index in [0.717, 1.165) is 27.9 Å². The van der Waals surface area contributed by atoms with Crippen molar-refractivity contribution in [2.45, 2.75) is 19.4 Å². The Morgan fingerprint density at radius 1 is 1.42 bits per heavy atom. The maximum atomic E-state index is 11.4. The number of nitrogens with two attached hydrogens (primary N) is 1. The number of carbonyl (C=O) groups is 1. The number of rotatable bonds is 4. The third-order valence-corrected chi connectivity index (χ3v) is 3.25. The number of fused-ring (bicyclic) bond motifs is 1. The minimum absolute atomic E-state index is 0.406. The summed E-state index contributed by atoms with van der Waals surface area (Å²) in [6.07, 6.45) is 0.436. The number of ether oxygens (including phenoxy) is 2. The number of benzene rings is 1. The molecule has 2 rings (SSSR count). The number of aromatic amines is 1. The number of aryl methyl sites for hydroxylation is 1. The van der Waals surface area contributed by atoms with Gasteiger partial charge in [-0.3, -0.25) is 4.79 Å². The van der Waals surface area contributed by atoms with Gasteiger partial charge in [-0.1, -0.05) is 0 Å². The smallest absolute Gasteiger partial charge is 0.322 e. The van der Waals surface area contributed by atoms with Crippen molar-refractivity contribution in [3.05, 3.63) is 29.5 Å². The second-order valence-electron chi connectivity index (χ2n) is 4.47. The van der Waals surface area contributed by atoms with Gasteiger partial charge in [0, 0.05) is 23.0 Å². The number of aromatic nitrogens is 1. The highest BCUT2D eigenvalue weighted by atomic mass is 16.5. The second-order valence-corrected chi connectivity index (χ2v) is 4.47. The Balaban J connectivity index is 2.41. The van der Waals surface area contributed by atoms with Gasteiger partial charge >= 0.3 is 5.97 Å². The van der Waals surface area contributed by atoms with Crippen LogP contribution in [0.5, 0.6) is 5.75 Å². The molecule has 1 aromatic heterocycles. The van der Waals surface area contributed by atoms with Crippen molar-refractivity contribution in [2.24, 2.45) is 5.73 Å². The summed E-state index contributed by atoms with van der Waals surface area (Å²) >= 11 is 0. The van der Waals surface area contributed by atoms with Crippen molar-refractivity contribution in [2.75, 3.05) is 14.2 Å². The van der Waals surface area contributed by atoms with Crippen LogP contribution in [-0.2, 0) is 16.0 Å². The largest absolute Gasteiger partial charge is 0.497 e. The van der Waals surface area contributed by atoms with E-state index in [-0.39, 0.29) is 0 Å². The Labute approximate surface area is 111 Å². The van der Waals surface area contributed by atoms with Crippen LogP contribution in [0, 0.1) is 6.92 Å². The lowest BCUT2D eigenvalue weighted by atomic mass is 10.0. The molecule has 0 amide bonds. The van der Waals surface area contributed by atoms with Crippen LogP contribution in [0.4, 0.5) is 0 Å². The topological polar surface area (TPSA) is 77.3 Å². The van der Waals surface area contributed by atoms with Gasteiger partial charge in [-0.2, -0.15) is 0 Å². The summed E-state index contributed by atoms with van der Waals surface area (Å²) < 4.78 is 9.88. The molecule has 0 radical (unpaired) electrons. The molecule has 1 heterocycles. The highest BCUT2D eigenvalue weighted by Gasteiger charge is 2.18. The van der Waals surface area contributed by atoms with Crippen molar-refractivity contribution in [1.29, 1.82) is 0 Å². The molecule has 19 heavy (non-hydrogen) atoms. The molecule has 5 nitrogen and oxygen atoms in total. The maximum Gasteiger partial charge on any atom is 0.322 e. The van der Waals surface area contributed by atoms with Crippen LogP contribution in [0.3, 0.4) is 0 Å². The summed E-state index contributed by atoms with van der Waals surface area (Å²) in [5.41, 5.74) is 8.86. The van der Waals surface area contributed by atoms with Gasteiger partial charge < -0.3 is 20.2 Å². The zero-order valence-corrected chi connectivity index (χ0v) is 11.3. The van der Waals surface area contributed by atoms with E-state index in [2.05, 4.69) is 9.72 Å². The lowest BCUT2D eigenvalue weighted by Crippen LogP contribution is -2.33. The average Bonchev–Trinajstić information content (AvgIpc) is 2.73. The second kappa shape index (κ2) is 5.32. The van der Waals surface area contributed by atoms with Crippen molar-refractivity contribution in [1.82, 2.24) is 4.98 Å². The molecule has 1 aromatic carbocycles. The van der Waals surface area contributed by atoms with Crippen LogP contribution in [0.2, 0.25) is 0 Å². The Morgan fingerprint density at radius 3 is 2.79 bits per heavy atom. The molecule has 102 valence electrons. The Morgan fingerprint density at radius 2 is 2.16 bits per heavy atom. The van der Waals surface area contributed by atoms with E-state index in [4.69, 9.17) is 10.5 Å². The Kier molecular flexibility index (Phi) is 3.76. The molecule has 0 saturated carbocycles. The summed E-state index contributed by atoms with van der Waals surface area (Å²) in [5.74, 6) is 0.371. The summed E-state index contributed by atoms with van der Waals surface area (Å²) in [5, 5.41) is 1.02. The van der Waals surface area contributed by atoms with Crippen molar-refractivity contribution in [3.8, 4) is 5.75 Å². The van der Waals surface area contributed by atoms with Gasteiger partial charge in [0.2, 0.25) is 0 Å².